The molecule has 2 heterocycles. The van der Waals surface area contributed by atoms with Crippen LogP contribution in [-0.4, -0.2) is 58.8 Å². The van der Waals surface area contributed by atoms with Gasteiger partial charge in [0.2, 0.25) is 11.8 Å². The van der Waals surface area contributed by atoms with E-state index in [9.17, 15) is 9.59 Å². The topological polar surface area (TPSA) is 65.5 Å². The summed E-state index contributed by atoms with van der Waals surface area (Å²) in [5.41, 5.74) is 0. The molecule has 1 saturated heterocycles. The van der Waals surface area contributed by atoms with Crippen molar-refractivity contribution in [3.05, 3.63) is 23.4 Å². The number of hydrogen-bond acceptors (Lipinski definition) is 4. The number of likely N-dealkylation sites (tertiary alicyclic amines) is 1. The summed E-state index contributed by atoms with van der Waals surface area (Å²) >= 11 is 5.84. The molecule has 154 valence electrons. The SMILES string of the molecule is CCN(C(=O)CN1CCCC(C(=O)Nc2ccc(Cl)cn2)C1)C1CCCCC1. The van der Waals surface area contributed by atoms with Crippen LogP contribution < -0.4 is 5.32 Å². The molecular weight excluding hydrogens is 376 g/mol. The number of amides is 2. The molecule has 1 aromatic heterocycles. The predicted octanol–water partition coefficient (Wildman–Crippen LogP) is 3.57. The number of anilines is 1. The minimum absolute atomic E-state index is 0.0356. The largest absolute Gasteiger partial charge is 0.339 e. The number of rotatable bonds is 6. The van der Waals surface area contributed by atoms with Crippen molar-refractivity contribution >= 4 is 29.2 Å². The van der Waals surface area contributed by atoms with Gasteiger partial charge in [-0.15, -0.1) is 0 Å². The van der Waals surface area contributed by atoms with Crippen LogP contribution in [-0.2, 0) is 9.59 Å². The number of piperidine rings is 1. The average molecular weight is 407 g/mol. The number of halogens is 1. The summed E-state index contributed by atoms with van der Waals surface area (Å²) in [6, 6.07) is 3.81. The van der Waals surface area contributed by atoms with Crippen LogP contribution in [0.5, 0.6) is 0 Å². The maximum absolute atomic E-state index is 12.9. The lowest BCUT2D eigenvalue weighted by Gasteiger charge is -2.37. The van der Waals surface area contributed by atoms with Crippen molar-refractivity contribution in [2.24, 2.45) is 5.92 Å². The number of aromatic nitrogens is 1. The first-order valence-electron chi connectivity index (χ1n) is 10.5. The highest BCUT2D eigenvalue weighted by Gasteiger charge is 2.30. The molecule has 3 rings (SSSR count). The highest BCUT2D eigenvalue weighted by atomic mass is 35.5. The molecule has 1 aromatic rings. The van der Waals surface area contributed by atoms with Crippen molar-refractivity contribution < 1.29 is 9.59 Å². The van der Waals surface area contributed by atoms with Gasteiger partial charge in [-0.2, -0.15) is 0 Å². The van der Waals surface area contributed by atoms with Gasteiger partial charge in [-0.25, -0.2) is 4.98 Å². The lowest BCUT2D eigenvalue weighted by Crippen LogP contribution is -2.49. The van der Waals surface area contributed by atoms with E-state index in [0.29, 0.717) is 30.0 Å². The highest BCUT2D eigenvalue weighted by Crippen LogP contribution is 2.24. The van der Waals surface area contributed by atoms with Gasteiger partial charge < -0.3 is 10.2 Å². The summed E-state index contributed by atoms with van der Waals surface area (Å²) in [5, 5.41) is 3.41. The number of pyridine rings is 1. The molecule has 1 saturated carbocycles. The van der Waals surface area contributed by atoms with E-state index in [0.717, 1.165) is 38.8 Å². The summed E-state index contributed by atoms with van der Waals surface area (Å²) in [6.07, 6.45) is 9.26. The summed E-state index contributed by atoms with van der Waals surface area (Å²) in [7, 11) is 0. The molecule has 1 N–H and O–H groups in total. The highest BCUT2D eigenvalue weighted by molar-refractivity contribution is 6.30. The Morgan fingerprint density at radius 2 is 2.00 bits per heavy atom. The number of likely N-dealkylation sites (N-methyl/N-ethyl adjacent to an activating group) is 1. The van der Waals surface area contributed by atoms with Gasteiger partial charge in [0.25, 0.3) is 0 Å². The van der Waals surface area contributed by atoms with Crippen molar-refractivity contribution in [3.63, 3.8) is 0 Å². The monoisotopic (exact) mass is 406 g/mol. The lowest BCUT2D eigenvalue weighted by atomic mass is 9.94. The first-order chi connectivity index (χ1) is 13.6. The zero-order valence-electron chi connectivity index (χ0n) is 16.7. The van der Waals surface area contributed by atoms with E-state index >= 15 is 0 Å². The molecule has 7 heteroatoms. The van der Waals surface area contributed by atoms with E-state index in [4.69, 9.17) is 11.6 Å². The van der Waals surface area contributed by atoms with Crippen LogP contribution in [0.1, 0.15) is 51.9 Å². The first kappa shape index (κ1) is 21.1. The smallest absolute Gasteiger partial charge is 0.236 e. The maximum Gasteiger partial charge on any atom is 0.236 e. The third kappa shape index (κ3) is 5.67. The Morgan fingerprint density at radius 3 is 2.68 bits per heavy atom. The van der Waals surface area contributed by atoms with Crippen molar-refractivity contribution in [3.8, 4) is 0 Å². The number of hydrogen-bond donors (Lipinski definition) is 1. The van der Waals surface area contributed by atoms with E-state index in [2.05, 4.69) is 27.0 Å². The molecule has 2 fully saturated rings. The van der Waals surface area contributed by atoms with Gasteiger partial charge in [0, 0.05) is 25.3 Å². The summed E-state index contributed by atoms with van der Waals surface area (Å²) < 4.78 is 0. The van der Waals surface area contributed by atoms with Gasteiger partial charge in [0.15, 0.2) is 0 Å². The van der Waals surface area contributed by atoms with Gasteiger partial charge in [-0.05, 0) is 51.3 Å². The fourth-order valence-corrected chi connectivity index (χ4v) is 4.52. The quantitative estimate of drug-likeness (QED) is 0.784. The molecule has 0 spiro atoms. The molecule has 2 amide bonds. The third-order valence-corrected chi connectivity index (χ3v) is 6.11. The Balaban J connectivity index is 1.52. The van der Waals surface area contributed by atoms with Crippen LogP contribution in [0.15, 0.2) is 18.3 Å². The van der Waals surface area contributed by atoms with Gasteiger partial charge in [-0.1, -0.05) is 30.9 Å². The number of carbonyl (C=O) groups is 2. The lowest BCUT2D eigenvalue weighted by molar-refractivity contribution is -0.136. The van der Waals surface area contributed by atoms with Crippen LogP contribution in [0, 0.1) is 5.92 Å². The molecule has 6 nitrogen and oxygen atoms in total. The van der Waals surface area contributed by atoms with Crippen LogP contribution >= 0.6 is 11.6 Å². The molecule has 1 aliphatic heterocycles. The average Bonchev–Trinajstić information content (AvgIpc) is 2.71. The first-order valence-corrected chi connectivity index (χ1v) is 10.9. The molecule has 2 aliphatic rings. The van der Waals surface area contributed by atoms with Crippen molar-refractivity contribution in [1.82, 2.24) is 14.8 Å². The molecule has 1 aliphatic carbocycles. The Morgan fingerprint density at radius 1 is 1.21 bits per heavy atom. The van der Waals surface area contributed by atoms with Crippen LogP contribution in [0.3, 0.4) is 0 Å². The second-order valence-electron chi connectivity index (χ2n) is 7.90. The minimum Gasteiger partial charge on any atom is -0.339 e. The fourth-order valence-electron chi connectivity index (χ4n) is 4.40. The minimum atomic E-state index is -0.121. The van der Waals surface area contributed by atoms with Crippen molar-refractivity contribution in [2.75, 3.05) is 31.5 Å². The zero-order valence-corrected chi connectivity index (χ0v) is 17.5. The second-order valence-corrected chi connectivity index (χ2v) is 8.33. The van der Waals surface area contributed by atoms with Gasteiger partial charge in [-0.3, -0.25) is 14.5 Å². The summed E-state index contributed by atoms with van der Waals surface area (Å²) in [6.45, 7) is 4.74. The predicted molar refractivity (Wildman–Crippen MR) is 111 cm³/mol. The standard InChI is InChI=1S/C21H31ClN4O2/c1-2-26(18-8-4-3-5-9-18)20(27)15-25-12-6-7-16(14-25)21(28)24-19-11-10-17(22)13-23-19/h10-11,13,16,18H,2-9,12,14-15H2,1H3,(H,23,24,28). The molecule has 1 unspecified atom stereocenters. The normalized spacial score (nSPS) is 21.3. The van der Waals surface area contributed by atoms with Crippen LogP contribution in [0.25, 0.3) is 0 Å². The number of carbonyl (C=O) groups excluding carboxylic acids is 2. The van der Waals surface area contributed by atoms with Gasteiger partial charge in [0.1, 0.15) is 5.82 Å². The van der Waals surface area contributed by atoms with E-state index < -0.39 is 0 Å². The van der Waals surface area contributed by atoms with Gasteiger partial charge >= 0.3 is 0 Å². The molecule has 0 bridgehead atoms. The maximum atomic E-state index is 12.9. The van der Waals surface area contributed by atoms with Crippen LogP contribution in [0.4, 0.5) is 5.82 Å². The van der Waals surface area contributed by atoms with E-state index in [1.165, 1.54) is 25.5 Å². The van der Waals surface area contributed by atoms with Gasteiger partial charge in [0.05, 0.1) is 17.5 Å². The summed E-state index contributed by atoms with van der Waals surface area (Å²) in [5.74, 6) is 0.558. The molecule has 0 aromatic carbocycles. The fraction of sp³-hybridized carbons (Fsp3) is 0.667. The van der Waals surface area contributed by atoms with E-state index in [-0.39, 0.29) is 17.7 Å². The van der Waals surface area contributed by atoms with E-state index in [1.54, 1.807) is 12.1 Å². The van der Waals surface area contributed by atoms with Crippen molar-refractivity contribution in [2.45, 2.75) is 57.9 Å². The van der Waals surface area contributed by atoms with Crippen LogP contribution in [0.2, 0.25) is 5.02 Å². The Hall–Kier alpha value is -1.66. The summed E-state index contributed by atoms with van der Waals surface area (Å²) in [4.78, 5) is 33.8. The second kappa shape index (κ2) is 10.2. The molecular formula is C21H31ClN4O2. The Bertz CT molecular complexity index is 661. The van der Waals surface area contributed by atoms with Crippen molar-refractivity contribution in [1.29, 1.82) is 0 Å². The Labute approximate surface area is 172 Å². The zero-order chi connectivity index (χ0) is 19.9. The molecule has 0 radical (unpaired) electrons. The number of nitrogens with one attached hydrogen (secondary N) is 1. The third-order valence-electron chi connectivity index (χ3n) is 5.89. The molecule has 1 atom stereocenters. The van der Waals surface area contributed by atoms with E-state index in [1.807, 2.05) is 0 Å². The Kier molecular flexibility index (Phi) is 7.68. The number of nitrogens with zero attached hydrogens (tertiary/aromatic N) is 3. The molecule has 28 heavy (non-hydrogen) atoms.